The second-order valence-electron chi connectivity index (χ2n) is 2.07. The lowest BCUT2D eigenvalue weighted by Gasteiger charge is -1.94. The molecule has 0 aliphatic carbocycles. The summed E-state index contributed by atoms with van der Waals surface area (Å²) in [7, 11) is 0. The van der Waals surface area contributed by atoms with E-state index in [-0.39, 0.29) is 12.4 Å². The maximum absolute atomic E-state index is 5.71. The van der Waals surface area contributed by atoms with Crippen LogP contribution in [0.25, 0.3) is 0 Å². The lowest BCUT2D eigenvalue weighted by molar-refractivity contribution is 1.12. The molecule has 1 nitrogen and oxygen atoms in total. The standard InChI is InChI=1S/C7H8ClN.ClH/c1-5-3-7(8)4-6(2)9-5;/h3-4H,1-2H3;1H. The molecule has 0 aromatic carbocycles. The van der Waals surface area contributed by atoms with Gasteiger partial charge in [0.05, 0.1) is 0 Å². The Morgan fingerprint density at radius 3 is 1.90 bits per heavy atom. The number of rotatable bonds is 0. The van der Waals surface area contributed by atoms with E-state index in [0.29, 0.717) is 0 Å². The average Bonchev–Trinajstić information content (AvgIpc) is 1.59. The molecule has 0 atom stereocenters. The Hall–Kier alpha value is -0.270. The first-order chi connectivity index (χ1) is 4.18. The van der Waals surface area contributed by atoms with Crippen LogP contribution in [-0.4, -0.2) is 4.98 Å². The highest BCUT2D eigenvalue weighted by Gasteiger charge is 1.90. The number of hydrogen-bond donors (Lipinski definition) is 0. The maximum Gasteiger partial charge on any atom is 0.0441 e. The minimum Gasteiger partial charge on any atom is -0.258 e. The molecular weight excluding hydrogens is 169 g/mol. The van der Waals surface area contributed by atoms with Crippen LogP contribution in [0, 0.1) is 13.8 Å². The highest BCUT2D eigenvalue weighted by Crippen LogP contribution is 2.09. The second-order valence-corrected chi connectivity index (χ2v) is 2.50. The molecule has 10 heavy (non-hydrogen) atoms. The Kier molecular flexibility index (Phi) is 3.69. The molecule has 0 aliphatic heterocycles. The summed E-state index contributed by atoms with van der Waals surface area (Å²) in [5.41, 5.74) is 1.94. The van der Waals surface area contributed by atoms with E-state index in [1.54, 1.807) is 0 Å². The number of halogens is 2. The van der Waals surface area contributed by atoms with Crippen LogP contribution in [0.4, 0.5) is 0 Å². The zero-order valence-electron chi connectivity index (χ0n) is 5.89. The molecule has 3 heteroatoms. The number of hydrogen-bond acceptors (Lipinski definition) is 1. The largest absolute Gasteiger partial charge is 0.258 e. The summed E-state index contributed by atoms with van der Waals surface area (Å²) in [5.74, 6) is 0. The summed E-state index contributed by atoms with van der Waals surface area (Å²) in [6, 6.07) is 3.68. The fourth-order valence-corrected chi connectivity index (χ4v) is 1.10. The molecule has 56 valence electrons. The Labute approximate surface area is 71.8 Å². The molecule has 0 amide bonds. The third kappa shape index (κ3) is 2.54. The fraction of sp³-hybridized carbons (Fsp3) is 0.286. The Morgan fingerprint density at radius 2 is 1.60 bits per heavy atom. The van der Waals surface area contributed by atoms with E-state index in [4.69, 9.17) is 11.6 Å². The van der Waals surface area contributed by atoms with E-state index in [9.17, 15) is 0 Å². The summed E-state index contributed by atoms with van der Waals surface area (Å²) in [5, 5.41) is 0.764. The van der Waals surface area contributed by atoms with Gasteiger partial charge >= 0.3 is 0 Å². The van der Waals surface area contributed by atoms with Gasteiger partial charge in [0.1, 0.15) is 0 Å². The maximum atomic E-state index is 5.71. The van der Waals surface area contributed by atoms with Crippen LogP contribution in [0.5, 0.6) is 0 Å². The molecular formula is C7H9Cl2N. The quantitative estimate of drug-likeness (QED) is 0.595. The van der Waals surface area contributed by atoms with Gasteiger partial charge in [0, 0.05) is 16.4 Å². The van der Waals surface area contributed by atoms with Crippen molar-refractivity contribution in [2.75, 3.05) is 0 Å². The first-order valence-corrected chi connectivity index (χ1v) is 3.17. The van der Waals surface area contributed by atoms with Crippen LogP contribution in [0.15, 0.2) is 12.1 Å². The fourth-order valence-electron chi connectivity index (χ4n) is 0.783. The van der Waals surface area contributed by atoms with Crippen molar-refractivity contribution in [2.45, 2.75) is 13.8 Å². The summed E-state index contributed by atoms with van der Waals surface area (Å²) in [4.78, 5) is 4.15. The Balaban J connectivity index is 0.000000810. The van der Waals surface area contributed by atoms with Gasteiger partial charge in [0.15, 0.2) is 0 Å². The van der Waals surface area contributed by atoms with Crippen LogP contribution >= 0.6 is 24.0 Å². The number of aryl methyl sites for hydroxylation is 2. The lowest BCUT2D eigenvalue weighted by Crippen LogP contribution is -1.83. The van der Waals surface area contributed by atoms with Crippen LogP contribution < -0.4 is 0 Å². The second kappa shape index (κ2) is 3.79. The normalized spacial score (nSPS) is 8.70. The van der Waals surface area contributed by atoms with Gasteiger partial charge in [-0.3, -0.25) is 4.98 Å². The van der Waals surface area contributed by atoms with E-state index >= 15 is 0 Å². The molecule has 1 aromatic rings. The van der Waals surface area contributed by atoms with Crippen molar-refractivity contribution in [1.82, 2.24) is 4.98 Å². The smallest absolute Gasteiger partial charge is 0.0441 e. The predicted molar refractivity (Wildman–Crippen MR) is 46.0 cm³/mol. The van der Waals surface area contributed by atoms with Crippen molar-refractivity contribution in [2.24, 2.45) is 0 Å². The van der Waals surface area contributed by atoms with E-state index in [0.717, 1.165) is 16.4 Å². The highest BCUT2D eigenvalue weighted by molar-refractivity contribution is 6.30. The topological polar surface area (TPSA) is 12.9 Å². The monoisotopic (exact) mass is 177 g/mol. The van der Waals surface area contributed by atoms with E-state index in [1.807, 2.05) is 26.0 Å². The summed E-state index contributed by atoms with van der Waals surface area (Å²) in [6.07, 6.45) is 0. The van der Waals surface area contributed by atoms with Crippen LogP contribution in [0.2, 0.25) is 5.02 Å². The van der Waals surface area contributed by atoms with Crippen molar-refractivity contribution >= 4 is 24.0 Å². The Morgan fingerprint density at radius 1 is 1.20 bits per heavy atom. The number of aromatic nitrogens is 1. The third-order valence-electron chi connectivity index (χ3n) is 1.05. The molecule has 0 N–H and O–H groups in total. The third-order valence-corrected chi connectivity index (χ3v) is 1.26. The van der Waals surface area contributed by atoms with E-state index < -0.39 is 0 Å². The van der Waals surface area contributed by atoms with Gasteiger partial charge in [0.2, 0.25) is 0 Å². The molecule has 0 radical (unpaired) electrons. The first-order valence-electron chi connectivity index (χ1n) is 2.79. The molecule has 0 aliphatic rings. The zero-order chi connectivity index (χ0) is 6.85. The molecule has 1 heterocycles. The van der Waals surface area contributed by atoms with Gasteiger partial charge in [-0.05, 0) is 26.0 Å². The van der Waals surface area contributed by atoms with Gasteiger partial charge in [-0.15, -0.1) is 12.4 Å². The molecule has 0 saturated carbocycles. The average molecular weight is 178 g/mol. The summed E-state index contributed by atoms with van der Waals surface area (Å²) in [6.45, 7) is 3.86. The van der Waals surface area contributed by atoms with Crippen LogP contribution in [-0.2, 0) is 0 Å². The van der Waals surface area contributed by atoms with Gasteiger partial charge in [0.25, 0.3) is 0 Å². The van der Waals surface area contributed by atoms with Gasteiger partial charge in [-0.2, -0.15) is 0 Å². The zero-order valence-corrected chi connectivity index (χ0v) is 7.46. The van der Waals surface area contributed by atoms with Gasteiger partial charge < -0.3 is 0 Å². The molecule has 0 spiro atoms. The highest BCUT2D eigenvalue weighted by atomic mass is 35.5. The van der Waals surface area contributed by atoms with Gasteiger partial charge in [-0.25, -0.2) is 0 Å². The van der Waals surface area contributed by atoms with Crippen molar-refractivity contribution < 1.29 is 0 Å². The summed E-state index contributed by atoms with van der Waals surface area (Å²) >= 11 is 5.71. The van der Waals surface area contributed by atoms with Crippen molar-refractivity contribution in [3.63, 3.8) is 0 Å². The van der Waals surface area contributed by atoms with E-state index in [1.165, 1.54) is 0 Å². The molecule has 0 unspecified atom stereocenters. The minimum atomic E-state index is 0. The molecule has 1 rings (SSSR count). The first kappa shape index (κ1) is 9.73. The van der Waals surface area contributed by atoms with E-state index in [2.05, 4.69) is 4.98 Å². The van der Waals surface area contributed by atoms with Crippen molar-refractivity contribution in [3.8, 4) is 0 Å². The van der Waals surface area contributed by atoms with Gasteiger partial charge in [-0.1, -0.05) is 11.6 Å². The lowest BCUT2D eigenvalue weighted by atomic mass is 10.3. The predicted octanol–water partition coefficient (Wildman–Crippen LogP) is 2.77. The molecule has 1 aromatic heterocycles. The van der Waals surface area contributed by atoms with Crippen LogP contribution in [0.3, 0.4) is 0 Å². The molecule has 0 saturated heterocycles. The summed E-state index contributed by atoms with van der Waals surface area (Å²) < 4.78 is 0. The number of pyridine rings is 1. The Bertz CT molecular complexity index is 172. The van der Waals surface area contributed by atoms with Crippen LogP contribution in [0.1, 0.15) is 11.4 Å². The SMILES string of the molecule is Cc1cc(Cl)cc(C)n1.Cl. The van der Waals surface area contributed by atoms with Crippen molar-refractivity contribution in [3.05, 3.63) is 28.5 Å². The minimum absolute atomic E-state index is 0. The van der Waals surface area contributed by atoms with Crippen molar-refractivity contribution in [1.29, 1.82) is 0 Å². The molecule has 0 bridgehead atoms. The number of nitrogens with zero attached hydrogens (tertiary/aromatic N) is 1. The molecule has 0 fully saturated rings.